The second-order valence-electron chi connectivity index (χ2n) is 4.88. The molecule has 5 heteroatoms. The number of nitrogens with zero attached hydrogens (tertiary/aromatic N) is 1. The summed E-state index contributed by atoms with van der Waals surface area (Å²) in [4.78, 5) is 27.2. The standard InChI is InChI=1S/C16H14N2O3/c1-18-13(16(20)21-2)9-17-15(18)14(19)12-8-7-10-5-3-4-6-11(10)12/h3-6,8-9H,7H2,1-2H3/p+1. The smallest absolute Gasteiger partial charge is 0.382 e. The number of ether oxygens (including phenoxy) is 1. The summed E-state index contributed by atoms with van der Waals surface area (Å²) in [6.45, 7) is 0. The molecule has 1 aliphatic carbocycles. The minimum absolute atomic E-state index is 0.127. The molecule has 0 fully saturated rings. The molecule has 1 aromatic carbocycles. The van der Waals surface area contributed by atoms with Gasteiger partial charge in [-0.05, 0) is 17.5 Å². The summed E-state index contributed by atoms with van der Waals surface area (Å²) in [6, 6.07) is 7.83. The fraction of sp³-hybridized carbons (Fsp3) is 0.188. The molecule has 0 saturated carbocycles. The number of fused-ring (bicyclic) bond motifs is 1. The van der Waals surface area contributed by atoms with Crippen LogP contribution in [-0.2, 0) is 18.2 Å². The number of Topliss-reactive ketones (excluding diaryl/α,β-unsaturated/α-hetero) is 1. The fourth-order valence-corrected chi connectivity index (χ4v) is 2.59. The highest BCUT2D eigenvalue weighted by atomic mass is 16.5. The molecule has 1 N–H and O–H groups in total. The third kappa shape index (κ3) is 2.07. The zero-order chi connectivity index (χ0) is 15.0. The van der Waals surface area contributed by atoms with Gasteiger partial charge in [0.25, 0.3) is 11.5 Å². The van der Waals surface area contributed by atoms with Gasteiger partial charge in [-0.15, -0.1) is 0 Å². The SMILES string of the molecule is COC(=O)c1c[nH]c(C(=O)C2=CCc3ccccc32)[n+]1C. The van der Waals surface area contributed by atoms with Crippen LogP contribution in [-0.4, -0.2) is 23.8 Å². The molecular weight excluding hydrogens is 268 g/mol. The predicted molar refractivity (Wildman–Crippen MR) is 75.8 cm³/mol. The van der Waals surface area contributed by atoms with Crippen molar-refractivity contribution in [1.29, 1.82) is 0 Å². The van der Waals surface area contributed by atoms with Gasteiger partial charge in [0.1, 0.15) is 6.20 Å². The molecule has 0 aliphatic heterocycles. The first kappa shape index (κ1) is 13.3. The highest BCUT2D eigenvalue weighted by molar-refractivity contribution is 6.28. The summed E-state index contributed by atoms with van der Waals surface area (Å²) in [7, 11) is 2.98. The topological polar surface area (TPSA) is 63.0 Å². The van der Waals surface area contributed by atoms with Crippen molar-refractivity contribution >= 4 is 17.3 Å². The number of methoxy groups -OCH3 is 1. The number of rotatable bonds is 3. The maximum absolute atomic E-state index is 12.7. The molecule has 0 bridgehead atoms. The van der Waals surface area contributed by atoms with Crippen molar-refractivity contribution in [2.45, 2.75) is 6.42 Å². The number of esters is 1. The molecule has 3 rings (SSSR count). The van der Waals surface area contributed by atoms with Crippen molar-refractivity contribution in [1.82, 2.24) is 4.98 Å². The zero-order valence-electron chi connectivity index (χ0n) is 11.8. The quantitative estimate of drug-likeness (QED) is 0.527. The molecule has 0 spiro atoms. The van der Waals surface area contributed by atoms with Gasteiger partial charge < -0.3 is 4.74 Å². The molecule has 0 amide bonds. The van der Waals surface area contributed by atoms with E-state index in [1.807, 2.05) is 30.3 Å². The maximum Gasteiger partial charge on any atom is 0.382 e. The first-order valence-corrected chi connectivity index (χ1v) is 6.62. The Balaban J connectivity index is 1.98. The minimum atomic E-state index is -0.478. The van der Waals surface area contributed by atoms with Crippen molar-refractivity contribution in [2.75, 3.05) is 7.11 Å². The summed E-state index contributed by atoms with van der Waals surface area (Å²) in [5.41, 5.74) is 3.08. The summed E-state index contributed by atoms with van der Waals surface area (Å²) in [6.07, 6.45) is 4.16. The Bertz CT molecular complexity index is 772. The molecule has 106 valence electrons. The van der Waals surface area contributed by atoms with Crippen LogP contribution in [0.2, 0.25) is 0 Å². The predicted octanol–water partition coefficient (Wildman–Crippen LogP) is 1.45. The molecule has 1 aromatic heterocycles. The van der Waals surface area contributed by atoms with Gasteiger partial charge in [0.2, 0.25) is 0 Å². The lowest BCUT2D eigenvalue weighted by atomic mass is 10.0. The number of carbonyl (C=O) groups is 2. The van der Waals surface area contributed by atoms with Crippen LogP contribution < -0.4 is 4.57 Å². The second-order valence-corrected chi connectivity index (χ2v) is 4.88. The number of H-pyrrole nitrogens is 1. The Kier molecular flexibility index (Phi) is 3.17. The Hall–Kier alpha value is -2.69. The number of aromatic amines is 1. The summed E-state index contributed by atoms with van der Waals surface area (Å²) in [5.74, 6) is -0.246. The van der Waals surface area contributed by atoms with E-state index in [1.165, 1.54) is 17.9 Å². The van der Waals surface area contributed by atoms with E-state index in [9.17, 15) is 9.59 Å². The lowest BCUT2D eigenvalue weighted by molar-refractivity contribution is -0.674. The van der Waals surface area contributed by atoms with Gasteiger partial charge in [0.15, 0.2) is 0 Å². The van der Waals surface area contributed by atoms with Crippen LogP contribution in [0.4, 0.5) is 0 Å². The van der Waals surface area contributed by atoms with Crippen LogP contribution in [0.1, 0.15) is 32.2 Å². The normalized spacial score (nSPS) is 12.8. The van der Waals surface area contributed by atoms with Crippen LogP contribution >= 0.6 is 0 Å². The maximum atomic E-state index is 12.7. The third-order valence-corrected chi connectivity index (χ3v) is 3.73. The van der Waals surface area contributed by atoms with Gasteiger partial charge >= 0.3 is 11.8 Å². The molecule has 2 aromatic rings. The van der Waals surface area contributed by atoms with Crippen LogP contribution in [0, 0.1) is 0 Å². The van der Waals surface area contributed by atoms with Gasteiger partial charge in [-0.2, -0.15) is 0 Å². The lowest BCUT2D eigenvalue weighted by Gasteiger charge is -2.02. The fourth-order valence-electron chi connectivity index (χ4n) is 2.59. The lowest BCUT2D eigenvalue weighted by Crippen LogP contribution is -2.40. The number of carbonyl (C=O) groups excluding carboxylic acids is 2. The molecule has 21 heavy (non-hydrogen) atoms. The average Bonchev–Trinajstić information content (AvgIpc) is 3.09. The number of hydrogen-bond acceptors (Lipinski definition) is 3. The van der Waals surface area contributed by atoms with Crippen molar-refractivity contribution in [2.24, 2.45) is 7.05 Å². The molecule has 1 aliphatic rings. The molecule has 0 saturated heterocycles. The van der Waals surface area contributed by atoms with Gasteiger partial charge in [-0.25, -0.2) is 14.3 Å². The van der Waals surface area contributed by atoms with Crippen LogP contribution in [0.25, 0.3) is 5.57 Å². The summed E-state index contributed by atoms with van der Waals surface area (Å²) in [5, 5.41) is 0. The van der Waals surface area contributed by atoms with Crippen molar-refractivity contribution in [3.8, 4) is 0 Å². The number of allylic oxidation sites excluding steroid dienone is 2. The van der Waals surface area contributed by atoms with Crippen LogP contribution in [0.3, 0.4) is 0 Å². The highest BCUT2D eigenvalue weighted by Crippen LogP contribution is 2.28. The number of imidazole rings is 1. The average molecular weight is 283 g/mol. The molecule has 0 radical (unpaired) electrons. The van der Waals surface area contributed by atoms with E-state index in [4.69, 9.17) is 0 Å². The zero-order valence-corrected chi connectivity index (χ0v) is 11.8. The van der Waals surface area contributed by atoms with E-state index in [1.54, 1.807) is 7.05 Å². The van der Waals surface area contributed by atoms with Gasteiger partial charge in [-0.1, -0.05) is 30.3 Å². The molecule has 0 unspecified atom stereocenters. The second kappa shape index (κ2) is 5.01. The van der Waals surface area contributed by atoms with E-state index < -0.39 is 5.97 Å². The first-order chi connectivity index (χ1) is 10.1. The largest absolute Gasteiger partial charge is 0.463 e. The Labute approximate surface area is 121 Å². The van der Waals surface area contributed by atoms with Crippen LogP contribution in [0.5, 0.6) is 0 Å². The molecule has 0 atom stereocenters. The van der Waals surface area contributed by atoms with E-state index >= 15 is 0 Å². The van der Waals surface area contributed by atoms with Gasteiger partial charge in [-0.3, -0.25) is 4.79 Å². The Morgan fingerprint density at radius 2 is 2.05 bits per heavy atom. The summed E-state index contributed by atoms with van der Waals surface area (Å²) < 4.78 is 6.21. The van der Waals surface area contributed by atoms with E-state index in [2.05, 4.69) is 9.72 Å². The van der Waals surface area contributed by atoms with E-state index in [-0.39, 0.29) is 5.78 Å². The number of ketones is 1. The van der Waals surface area contributed by atoms with Gasteiger partial charge in [0, 0.05) is 5.57 Å². The van der Waals surface area contributed by atoms with Crippen LogP contribution in [0.15, 0.2) is 36.5 Å². The van der Waals surface area contributed by atoms with E-state index in [0.29, 0.717) is 17.1 Å². The molecule has 1 heterocycles. The Morgan fingerprint density at radius 3 is 2.81 bits per heavy atom. The molecular formula is C16H15N2O3+. The molecule has 5 nitrogen and oxygen atoms in total. The Morgan fingerprint density at radius 1 is 1.29 bits per heavy atom. The number of aromatic nitrogens is 2. The van der Waals surface area contributed by atoms with Crippen molar-refractivity contribution < 1.29 is 18.9 Å². The highest BCUT2D eigenvalue weighted by Gasteiger charge is 2.31. The first-order valence-electron chi connectivity index (χ1n) is 6.62. The summed E-state index contributed by atoms with van der Waals surface area (Å²) >= 11 is 0. The van der Waals surface area contributed by atoms with E-state index in [0.717, 1.165) is 17.5 Å². The van der Waals surface area contributed by atoms with Crippen molar-refractivity contribution in [3.63, 3.8) is 0 Å². The third-order valence-electron chi connectivity index (χ3n) is 3.73. The monoisotopic (exact) mass is 283 g/mol. The number of benzene rings is 1. The number of nitrogens with one attached hydrogen (secondary N) is 1. The van der Waals surface area contributed by atoms with Gasteiger partial charge in [0.05, 0.1) is 14.2 Å². The number of hydrogen-bond donors (Lipinski definition) is 1. The minimum Gasteiger partial charge on any atom is -0.463 e. The van der Waals surface area contributed by atoms with Crippen molar-refractivity contribution in [3.05, 3.63) is 59.2 Å².